The van der Waals surface area contributed by atoms with Crippen LogP contribution in [0.1, 0.15) is 58.8 Å². The number of fused-ring (bicyclic) bond motifs is 5. The molecule has 4 heteroatoms. The fraction of sp³-hybridized carbons (Fsp3) is 0.905. The molecule has 140 valence electrons. The Hall–Kier alpha value is -0.600. The second kappa shape index (κ2) is 5.45. The fourth-order valence-corrected chi connectivity index (χ4v) is 7.49. The van der Waals surface area contributed by atoms with E-state index in [1.165, 1.54) is 0 Å². The fourth-order valence-electron chi connectivity index (χ4n) is 7.49. The molecule has 4 aliphatic rings. The van der Waals surface area contributed by atoms with Crippen LogP contribution in [0.3, 0.4) is 0 Å². The summed E-state index contributed by atoms with van der Waals surface area (Å²) in [5, 5.41) is 42.7. The van der Waals surface area contributed by atoms with Crippen molar-refractivity contribution in [1.29, 1.82) is 0 Å². The van der Waals surface area contributed by atoms with E-state index in [0.717, 1.165) is 32.1 Å². The van der Waals surface area contributed by atoms with Crippen molar-refractivity contribution < 1.29 is 20.4 Å². The Labute approximate surface area is 150 Å². The third-order valence-electron chi connectivity index (χ3n) is 9.10. The van der Waals surface area contributed by atoms with Gasteiger partial charge < -0.3 is 20.4 Å². The highest BCUT2D eigenvalue weighted by Crippen LogP contribution is 2.68. The van der Waals surface area contributed by atoms with E-state index < -0.39 is 23.2 Å². The minimum absolute atomic E-state index is 0.0434. The first-order valence-electron chi connectivity index (χ1n) is 9.91. The second-order valence-electron chi connectivity index (χ2n) is 9.84. The van der Waals surface area contributed by atoms with Gasteiger partial charge in [-0.25, -0.2) is 0 Å². The standard InChI is InChI=1S/C21H32O4/c1-4-21(25)17(24)11-15-18-14(6-8-20(15,21)3)19(2)7-5-13(22)9-12(19)10-16(18)23/h1,12-18,22-25H,5-11H2,2-3H3/t12-,13+,14?,15?,16+,17-,18?,19-,20-,21-/m0/s1. The van der Waals surface area contributed by atoms with E-state index >= 15 is 0 Å². The Kier molecular flexibility index (Phi) is 3.88. The van der Waals surface area contributed by atoms with E-state index in [0.29, 0.717) is 24.7 Å². The third kappa shape index (κ3) is 2.10. The van der Waals surface area contributed by atoms with E-state index in [1.54, 1.807) is 0 Å². The molecule has 4 fully saturated rings. The summed E-state index contributed by atoms with van der Waals surface area (Å²) in [6.07, 6.45) is 9.57. The van der Waals surface area contributed by atoms with Crippen LogP contribution in [-0.2, 0) is 0 Å². The summed E-state index contributed by atoms with van der Waals surface area (Å²) in [5.74, 6) is 3.35. The van der Waals surface area contributed by atoms with Crippen molar-refractivity contribution in [3.63, 3.8) is 0 Å². The van der Waals surface area contributed by atoms with Crippen molar-refractivity contribution in [2.75, 3.05) is 0 Å². The molecule has 4 N–H and O–H groups in total. The molecule has 0 aromatic rings. The molecule has 0 bridgehead atoms. The van der Waals surface area contributed by atoms with Crippen LogP contribution in [0, 0.1) is 46.8 Å². The van der Waals surface area contributed by atoms with Crippen LogP contribution in [0.2, 0.25) is 0 Å². The van der Waals surface area contributed by atoms with Gasteiger partial charge in [-0.3, -0.25) is 0 Å². The SMILES string of the molecule is C#C[C@]1(O)[C@@H](O)CC2C3C(CC[C@@]21C)[C@@]1(C)CC[C@@H](O)C[C@H]1C[C@H]3O. The molecule has 4 aliphatic carbocycles. The van der Waals surface area contributed by atoms with E-state index in [1.807, 2.05) is 6.92 Å². The summed E-state index contributed by atoms with van der Waals surface area (Å²) in [7, 11) is 0. The van der Waals surface area contributed by atoms with Crippen LogP contribution in [-0.4, -0.2) is 44.3 Å². The molecule has 0 aromatic heterocycles. The Balaban J connectivity index is 1.72. The number of rotatable bonds is 0. The van der Waals surface area contributed by atoms with Gasteiger partial charge in [-0.1, -0.05) is 19.8 Å². The summed E-state index contributed by atoms with van der Waals surface area (Å²) in [5.41, 5.74) is -1.91. The molecule has 0 aliphatic heterocycles. The molecule has 10 atom stereocenters. The topological polar surface area (TPSA) is 80.9 Å². The average Bonchev–Trinajstić information content (AvgIpc) is 2.77. The van der Waals surface area contributed by atoms with Gasteiger partial charge in [-0.05, 0) is 74.0 Å². The zero-order valence-electron chi connectivity index (χ0n) is 15.4. The van der Waals surface area contributed by atoms with Gasteiger partial charge >= 0.3 is 0 Å². The molecule has 0 radical (unpaired) electrons. The quantitative estimate of drug-likeness (QED) is 0.502. The van der Waals surface area contributed by atoms with Crippen LogP contribution in [0.15, 0.2) is 0 Å². The minimum Gasteiger partial charge on any atom is -0.393 e. The molecule has 0 saturated heterocycles. The van der Waals surface area contributed by atoms with Gasteiger partial charge in [0, 0.05) is 5.41 Å². The predicted molar refractivity (Wildman–Crippen MR) is 94.3 cm³/mol. The number of aliphatic hydroxyl groups is 4. The van der Waals surface area contributed by atoms with E-state index in [4.69, 9.17) is 6.42 Å². The van der Waals surface area contributed by atoms with Gasteiger partial charge in [0.25, 0.3) is 0 Å². The minimum atomic E-state index is -1.50. The van der Waals surface area contributed by atoms with E-state index in [9.17, 15) is 20.4 Å². The number of aliphatic hydroxyl groups excluding tert-OH is 3. The van der Waals surface area contributed by atoms with Crippen molar-refractivity contribution in [1.82, 2.24) is 0 Å². The van der Waals surface area contributed by atoms with E-state index in [-0.39, 0.29) is 23.4 Å². The summed E-state index contributed by atoms with van der Waals surface area (Å²) in [6.45, 7) is 4.35. The van der Waals surface area contributed by atoms with Crippen molar-refractivity contribution >= 4 is 0 Å². The molecule has 0 aromatic carbocycles. The maximum Gasteiger partial charge on any atom is 0.156 e. The van der Waals surface area contributed by atoms with Crippen molar-refractivity contribution in [3.8, 4) is 12.3 Å². The van der Waals surface area contributed by atoms with Crippen molar-refractivity contribution in [2.45, 2.75) is 82.7 Å². The van der Waals surface area contributed by atoms with Gasteiger partial charge in [-0.2, -0.15) is 0 Å². The number of hydrogen-bond donors (Lipinski definition) is 4. The highest BCUT2D eigenvalue weighted by atomic mass is 16.3. The lowest BCUT2D eigenvalue weighted by Gasteiger charge is -2.62. The smallest absolute Gasteiger partial charge is 0.156 e. The molecule has 0 spiro atoms. The van der Waals surface area contributed by atoms with E-state index in [2.05, 4.69) is 12.8 Å². The Morgan fingerprint density at radius 1 is 0.960 bits per heavy atom. The molecular weight excluding hydrogens is 316 g/mol. The van der Waals surface area contributed by atoms with Gasteiger partial charge in [-0.15, -0.1) is 6.42 Å². The average molecular weight is 348 g/mol. The number of terminal acetylenes is 1. The van der Waals surface area contributed by atoms with Crippen LogP contribution in [0.4, 0.5) is 0 Å². The van der Waals surface area contributed by atoms with Gasteiger partial charge in [0.2, 0.25) is 0 Å². The molecule has 0 amide bonds. The predicted octanol–water partition coefficient (Wildman–Crippen LogP) is 1.70. The zero-order chi connectivity index (χ0) is 18.2. The Morgan fingerprint density at radius 3 is 2.36 bits per heavy atom. The van der Waals surface area contributed by atoms with Crippen LogP contribution < -0.4 is 0 Å². The highest BCUT2D eigenvalue weighted by molar-refractivity contribution is 5.27. The summed E-state index contributed by atoms with van der Waals surface area (Å²) >= 11 is 0. The largest absolute Gasteiger partial charge is 0.393 e. The molecule has 3 unspecified atom stereocenters. The zero-order valence-corrected chi connectivity index (χ0v) is 15.4. The monoisotopic (exact) mass is 348 g/mol. The van der Waals surface area contributed by atoms with Crippen LogP contribution in [0.5, 0.6) is 0 Å². The molecule has 25 heavy (non-hydrogen) atoms. The normalized spacial score (nSPS) is 60.9. The van der Waals surface area contributed by atoms with Gasteiger partial charge in [0.15, 0.2) is 5.60 Å². The summed E-state index contributed by atoms with van der Waals surface area (Å²) in [6, 6.07) is 0. The Morgan fingerprint density at radius 2 is 1.68 bits per heavy atom. The first-order chi connectivity index (χ1) is 11.7. The second-order valence-corrected chi connectivity index (χ2v) is 9.84. The lowest BCUT2D eigenvalue weighted by atomic mass is 9.43. The van der Waals surface area contributed by atoms with Crippen molar-refractivity contribution in [2.24, 2.45) is 34.5 Å². The molecule has 4 saturated carbocycles. The summed E-state index contributed by atoms with van der Waals surface area (Å²) in [4.78, 5) is 0. The number of hydrogen-bond acceptors (Lipinski definition) is 4. The molecule has 4 rings (SSSR count). The third-order valence-corrected chi connectivity index (χ3v) is 9.10. The van der Waals surface area contributed by atoms with Gasteiger partial charge in [0.05, 0.1) is 18.3 Å². The molecular formula is C21H32O4. The van der Waals surface area contributed by atoms with Gasteiger partial charge in [0.1, 0.15) is 0 Å². The first kappa shape index (κ1) is 17.8. The maximum atomic E-state index is 11.0. The van der Waals surface area contributed by atoms with Crippen molar-refractivity contribution in [3.05, 3.63) is 0 Å². The summed E-state index contributed by atoms with van der Waals surface area (Å²) < 4.78 is 0. The Bertz CT molecular complexity index is 599. The lowest BCUT2D eigenvalue weighted by molar-refractivity contribution is -0.186. The molecule has 0 heterocycles. The first-order valence-corrected chi connectivity index (χ1v) is 9.91. The maximum absolute atomic E-state index is 11.0. The molecule has 4 nitrogen and oxygen atoms in total. The highest BCUT2D eigenvalue weighted by Gasteiger charge is 2.68. The van der Waals surface area contributed by atoms with Crippen LogP contribution >= 0.6 is 0 Å². The lowest BCUT2D eigenvalue weighted by Crippen LogP contribution is -2.60. The van der Waals surface area contributed by atoms with Crippen LogP contribution in [0.25, 0.3) is 0 Å².